The molecular weight excluding hydrogens is 382 g/mol. The highest BCUT2D eigenvalue weighted by molar-refractivity contribution is 6.08. The van der Waals surface area contributed by atoms with Crippen LogP contribution in [0.25, 0.3) is 21.8 Å². The minimum absolute atomic E-state index is 0.0814. The second-order valence-corrected chi connectivity index (χ2v) is 8.46. The second-order valence-electron chi connectivity index (χ2n) is 8.46. The molecule has 2 aliphatic rings. The van der Waals surface area contributed by atoms with Gasteiger partial charge >= 0.3 is 0 Å². The van der Waals surface area contributed by atoms with Gasteiger partial charge in [-0.2, -0.15) is 15.8 Å². The zero-order valence-electron chi connectivity index (χ0n) is 17.3. The molecule has 0 unspecified atom stereocenters. The molecule has 2 N–H and O–H groups in total. The number of aromatic nitrogens is 1. The third kappa shape index (κ3) is 2.40. The van der Waals surface area contributed by atoms with E-state index in [9.17, 15) is 15.8 Å². The van der Waals surface area contributed by atoms with Crippen molar-refractivity contribution in [2.75, 3.05) is 0 Å². The highest BCUT2D eigenvalue weighted by Crippen LogP contribution is 2.56. The quantitative estimate of drug-likeness (QED) is 0.622. The van der Waals surface area contributed by atoms with Crippen LogP contribution in [0.2, 0.25) is 0 Å². The summed E-state index contributed by atoms with van der Waals surface area (Å²) in [5.74, 6) is -0.504. The Balaban J connectivity index is 1.81. The maximum atomic E-state index is 10.2. The number of nitriles is 3. The number of nitrogens with zero attached hydrogens (tertiary/aromatic N) is 4. The van der Waals surface area contributed by atoms with Crippen molar-refractivity contribution >= 4 is 21.8 Å². The lowest BCUT2D eigenvalue weighted by Crippen LogP contribution is -2.42. The number of para-hydroxylation sites is 1. The SMILES string of the molecule is Cn1c2ccccc2c2ccc([C@@H]3[C@H]4CCCC=C4C(C#N)=C(N)C3(C#N)C#N)cc21. The van der Waals surface area contributed by atoms with Crippen LogP contribution in [0.4, 0.5) is 0 Å². The molecule has 31 heavy (non-hydrogen) atoms. The highest BCUT2D eigenvalue weighted by atomic mass is 14.9. The van der Waals surface area contributed by atoms with Crippen LogP contribution in [-0.4, -0.2) is 4.57 Å². The lowest BCUT2D eigenvalue weighted by Gasteiger charge is -2.43. The van der Waals surface area contributed by atoms with Gasteiger partial charge in [0.15, 0.2) is 5.41 Å². The number of benzene rings is 2. The van der Waals surface area contributed by atoms with Crippen molar-refractivity contribution in [1.82, 2.24) is 4.57 Å². The Kier molecular flexibility index (Phi) is 4.14. The summed E-state index contributed by atoms with van der Waals surface area (Å²) in [5, 5.41) is 32.5. The van der Waals surface area contributed by atoms with Crippen molar-refractivity contribution in [2.24, 2.45) is 24.1 Å². The number of hydrogen-bond acceptors (Lipinski definition) is 4. The molecular formula is C26H21N5. The van der Waals surface area contributed by atoms with Gasteiger partial charge in [0.05, 0.1) is 23.4 Å². The first-order valence-corrected chi connectivity index (χ1v) is 10.5. The van der Waals surface area contributed by atoms with Crippen LogP contribution in [-0.2, 0) is 7.05 Å². The molecule has 1 heterocycles. The Bertz CT molecular complexity index is 1420. The fourth-order valence-corrected chi connectivity index (χ4v) is 5.62. The average Bonchev–Trinajstić information content (AvgIpc) is 3.10. The molecule has 0 amide bonds. The van der Waals surface area contributed by atoms with E-state index < -0.39 is 11.3 Å². The van der Waals surface area contributed by atoms with Gasteiger partial charge in [-0.25, -0.2) is 0 Å². The number of hydrogen-bond donors (Lipinski definition) is 1. The summed E-state index contributed by atoms with van der Waals surface area (Å²) in [7, 11) is 2.03. The van der Waals surface area contributed by atoms with Crippen LogP contribution in [0.1, 0.15) is 30.7 Å². The number of allylic oxidation sites excluding steroid dienone is 4. The molecule has 2 atom stereocenters. The normalized spacial score (nSPS) is 22.3. The Morgan fingerprint density at radius 1 is 1.03 bits per heavy atom. The van der Waals surface area contributed by atoms with Gasteiger partial charge in [-0.15, -0.1) is 0 Å². The smallest absolute Gasteiger partial charge is 0.191 e. The molecule has 0 saturated carbocycles. The van der Waals surface area contributed by atoms with Crippen LogP contribution >= 0.6 is 0 Å². The lowest BCUT2D eigenvalue weighted by molar-refractivity contribution is 0.317. The molecule has 0 aliphatic heterocycles. The third-order valence-corrected chi connectivity index (χ3v) is 7.10. The van der Waals surface area contributed by atoms with Crippen LogP contribution in [0.15, 0.2) is 65.4 Å². The van der Waals surface area contributed by atoms with Gasteiger partial charge in [-0.3, -0.25) is 0 Å². The first-order chi connectivity index (χ1) is 15.1. The Morgan fingerprint density at radius 2 is 1.77 bits per heavy atom. The minimum Gasteiger partial charge on any atom is -0.399 e. The molecule has 3 aromatic rings. The van der Waals surface area contributed by atoms with Crippen LogP contribution in [0.3, 0.4) is 0 Å². The summed E-state index contributed by atoms with van der Waals surface area (Å²) in [5.41, 5.74) is 9.23. The van der Waals surface area contributed by atoms with Crippen LogP contribution in [0, 0.1) is 45.3 Å². The molecule has 5 rings (SSSR count). The molecule has 5 heteroatoms. The first kappa shape index (κ1) is 19.0. The molecule has 0 spiro atoms. The van der Waals surface area contributed by atoms with E-state index in [0.717, 1.165) is 46.8 Å². The number of rotatable bonds is 1. The van der Waals surface area contributed by atoms with Crippen molar-refractivity contribution in [3.63, 3.8) is 0 Å². The Hall–Kier alpha value is -4.01. The molecule has 2 aromatic carbocycles. The summed E-state index contributed by atoms with van der Waals surface area (Å²) in [6.45, 7) is 0. The standard InChI is InChI=1S/C26H21N5/c1-31-22-9-5-4-7-18(22)19-11-10-16(12-23(19)31)24-20-8-3-2-6-17(20)21(13-27)25(30)26(24,14-28)15-29/h4-7,9-12,20,24H,2-3,8,30H2,1H3/t20-,24+/m0/s1. The van der Waals surface area contributed by atoms with Crippen LogP contribution < -0.4 is 5.73 Å². The van der Waals surface area contributed by atoms with Gasteiger partial charge in [-0.1, -0.05) is 36.4 Å². The average molecular weight is 403 g/mol. The van der Waals surface area contributed by atoms with Crippen molar-refractivity contribution < 1.29 is 0 Å². The molecule has 1 aromatic heterocycles. The van der Waals surface area contributed by atoms with E-state index in [1.165, 1.54) is 5.39 Å². The maximum Gasteiger partial charge on any atom is 0.191 e. The zero-order chi connectivity index (χ0) is 21.8. The van der Waals surface area contributed by atoms with Crippen molar-refractivity contribution in [3.8, 4) is 18.2 Å². The van der Waals surface area contributed by atoms with E-state index in [1.54, 1.807) is 0 Å². The summed E-state index contributed by atoms with van der Waals surface area (Å²) in [6, 6.07) is 21.1. The van der Waals surface area contributed by atoms with Gasteiger partial charge < -0.3 is 10.3 Å². The van der Waals surface area contributed by atoms with Gasteiger partial charge in [0.1, 0.15) is 6.07 Å². The molecule has 5 nitrogen and oxygen atoms in total. The molecule has 2 aliphatic carbocycles. The van der Waals surface area contributed by atoms with Gasteiger partial charge in [0.25, 0.3) is 0 Å². The lowest BCUT2D eigenvalue weighted by atomic mass is 9.56. The summed E-state index contributed by atoms with van der Waals surface area (Å²) < 4.78 is 2.15. The van der Waals surface area contributed by atoms with E-state index in [1.807, 2.05) is 25.2 Å². The highest BCUT2D eigenvalue weighted by Gasteiger charge is 2.53. The summed E-state index contributed by atoms with van der Waals surface area (Å²) in [6.07, 6.45) is 4.74. The Labute approximate surface area is 180 Å². The fraction of sp³-hybridized carbons (Fsp3) is 0.269. The van der Waals surface area contributed by atoms with Gasteiger partial charge in [0.2, 0.25) is 0 Å². The van der Waals surface area contributed by atoms with E-state index >= 15 is 0 Å². The molecule has 0 saturated heterocycles. The van der Waals surface area contributed by atoms with E-state index in [-0.39, 0.29) is 11.6 Å². The second kappa shape index (κ2) is 6.76. The van der Waals surface area contributed by atoms with Crippen molar-refractivity contribution in [2.45, 2.75) is 25.2 Å². The summed E-state index contributed by atoms with van der Waals surface area (Å²) >= 11 is 0. The topological polar surface area (TPSA) is 102 Å². The fourth-order valence-electron chi connectivity index (χ4n) is 5.62. The van der Waals surface area contributed by atoms with E-state index in [4.69, 9.17) is 5.73 Å². The molecule has 0 radical (unpaired) electrons. The van der Waals surface area contributed by atoms with Crippen molar-refractivity contribution in [1.29, 1.82) is 15.8 Å². The minimum atomic E-state index is -1.57. The van der Waals surface area contributed by atoms with Crippen molar-refractivity contribution in [3.05, 3.63) is 70.9 Å². The molecule has 150 valence electrons. The monoisotopic (exact) mass is 403 g/mol. The molecule has 0 bridgehead atoms. The predicted molar refractivity (Wildman–Crippen MR) is 119 cm³/mol. The maximum absolute atomic E-state index is 10.2. The number of aryl methyl sites for hydroxylation is 1. The van der Waals surface area contributed by atoms with E-state index in [2.05, 4.69) is 53.1 Å². The van der Waals surface area contributed by atoms with Gasteiger partial charge in [-0.05, 0) is 48.4 Å². The van der Waals surface area contributed by atoms with Gasteiger partial charge in [0, 0.05) is 34.8 Å². The largest absolute Gasteiger partial charge is 0.399 e. The number of nitrogens with two attached hydrogens (primary N) is 1. The predicted octanol–water partition coefficient (Wildman–Crippen LogP) is 4.93. The first-order valence-electron chi connectivity index (χ1n) is 10.5. The van der Waals surface area contributed by atoms with E-state index in [0.29, 0.717) is 5.57 Å². The van der Waals surface area contributed by atoms with Crippen LogP contribution in [0.5, 0.6) is 0 Å². The zero-order valence-corrected chi connectivity index (χ0v) is 17.3. The summed E-state index contributed by atoms with van der Waals surface area (Å²) in [4.78, 5) is 0. The Morgan fingerprint density at radius 3 is 2.52 bits per heavy atom. The molecule has 0 fully saturated rings. The number of fused-ring (bicyclic) bond motifs is 4. The third-order valence-electron chi connectivity index (χ3n) is 7.10.